The third kappa shape index (κ3) is 3.94. The lowest BCUT2D eigenvalue weighted by molar-refractivity contribution is -0.110. The maximum atomic E-state index is 11.1. The van der Waals surface area contributed by atoms with Crippen LogP contribution < -0.4 is 16.4 Å². The normalized spacial score (nSPS) is 9.41. The van der Waals surface area contributed by atoms with E-state index in [0.717, 1.165) is 11.1 Å². The van der Waals surface area contributed by atoms with E-state index in [9.17, 15) is 14.4 Å². The Morgan fingerprint density at radius 1 is 1.06 bits per heavy atom. The summed E-state index contributed by atoms with van der Waals surface area (Å²) >= 11 is 0. The Bertz CT molecular complexity index is 402. The number of nitrogens with two attached hydrogens (primary N) is 1. The Labute approximate surface area is 98.2 Å². The monoisotopic (exact) mass is 235 g/mol. The molecule has 0 aliphatic carbocycles. The Morgan fingerprint density at radius 2 is 1.53 bits per heavy atom. The van der Waals surface area contributed by atoms with Crippen LogP contribution in [0.4, 0.5) is 0 Å². The highest BCUT2D eigenvalue weighted by Crippen LogP contribution is 2.10. The van der Waals surface area contributed by atoms with Crippen molar-refractivity contribution in [1.82, 2.24) is 10.6 Å². The van der Waals surface area contributed by atoms with Gasteiger partial charge in [-0.05, 0) is 23.3 Å². The molecular weight excluding hydrogens is 222 g/mol. The molecule has 0 radical (unpaired) electrons. The molecule has 0 atom stereocenters. The number of carbonyl (C=O) groups is 3. The minimum atomic E-state index is -0.551. The van der Waals surface area contributed by atoms with Crippen LogP contribution in [-0.2, 0) is 22.7 Å². The number of nitrogens with one attached hydrogen (secondary N) is 2. The van der Waals surface area contributed by atoms with Gasteiger partial charge in [-0.1, -0.05) is 6.07 Å². The number of hydrogen-bond donors (Lipinski definition) is 3. The van der Waals surface area contributed by atoms with Crippen molar-refractivity contribution in [3.8, 4) is 0 Å². The summed E-state index contributed by atoms with van der Waals surface area (Å²) in [5.41, 5.74) is 7.03. The fourth-order valence-corrected chi connectivity index (χ4v) is 1.43. The molecule has 4 N–H and O–H groups in total. The number of rotatable bonds is 7. The first-order chi connectivity index (χ1) is 8.17. The van der Waals surface area contributed by atoms with Crippen LogP contribution in [0.2, 0.25) is 0 Å². The number of amides is 3. The Morgan fingerprint density at radius 3 is 1.88 bits per heavy atom. The van der Waals surface area contributed by atoms with E-state index >= 15 is 0 Å². The predicted molar refractivity (Wildman–Crippen MR) is 60.8 cm³/mol. The lowest BCUT2D eigenvalue weighted by Crippen LogP contribution is -2.16. The smallest absolute Gasteiger partial charge is 0.248 e. The summed E-state index contributed by atoms with van der Waals surface area (Å²) in [4.78, 5) is 31.5. The summed E-state index contributed by atoms with van der Waals surface area (Å²) in [6.45, 7) is 0.609. The second-order valence-corrected chi connectivity index (χ2v) is 3.40. The van der Waals surface area contributed by atoms with Gasteiger partial charge in [-0.2, -0.15) is 0 Å². The molecule has 0 spiro atoms. The fourth-order valence-electron chi connectivity index (χ4n) is 1.43. The molecule has 0 unspecified atom stereocenters. The molecule has 0 heterocycles. The van der Waals surface area contributed by atoms with Gasteiger partial charge in [0.05, 0.1) is 0 Å². The Balaban J connectivity index is 2.95. The largest absolute Gasteiger partial charge is 0.366 e. The van der Waals surface area contributed by atoms with Gasteiger partial charge in [0, 0.05) is 18.7 Å². The van der Waals surface area contributed by atoms with E-state index in [4.69, 9.17) is 5.73 Å². The Hall–Kier alpha value is -2.37. The lowest BCUT2D eigenvalue weighted by Gasteiger charge is -2.07. The third-order valence-electron chi connectivity index (χ3n) is 2.12. The molecule has 0 saturated heterocycles. The van der Waals surface area contributed by atoms with Gasteiger partial charge < -0.3 is 16.4 Å². The Kier molecular flexibility index (Phi) is 4.68. The molecule has 0 aliphatic rings. The number of primary amides is 1. The highest BCUT2D eigenvalue weighted by Gasteiger charge is 2.05. The molecule has 1 aromatic carbocycles. The summed E-state index contributed by atoms with van der Waals surface area (Å²) in [6, 6.07) is 4.98. The van der Waals surface area contributed by atoms with Crippen molar-refractivity contribution in [2.24, 2.45) is 5.73 Å². The minimum Gasteiger partial charge on any atom is -0.366 e. The summed E-state index contributed by atoms with van der Waals surface area (Å²) in [7, 11) is 0. The molecular formula is C11H13N3O3. The zero-order valence-electron chi connectivity index (χ0n) is 9.10. The van der Waals surface area contributed by atoms with Crippen molar-refractivity contribution in [2.45, 2.75) is 13.1 Å². The van der Waals surface area contributed by atoms with Gasteiger partial charge in [-0.25, -0.2) is 0 Å². The highest BCUT2D eigenvalue weighted by atomic mass is 16.1. The summed E-state index contributed by atoms with van der Waals surface area (Å²) in [5.74, 6) is -0.551. The molecule has 17 heavy (non-hydrogen) atoms. The minimum absolute atomic E-state index is 0.304. The first-order valence-corrected chi connectivity index (χ1v) is 4.94. The van der Waals surface area contributed by atoms with E-state index in [1.807, 2.05) is 0 Å². The molecule has 1 aromatic rings. The van der Waals surface area contributed by atoms with E-state index in [0.29, 0.717) is 31.5 Å². The number of benzene rings is 1. The molecule has 0 fully saturated rings. The number of hydrogen-bond acceptors (Lipinski definition) is 3. The summed E-state index contributed by atoms with van der Waals surface area (Å²) in [6.07, 6.45) is 1.14. The average molecular weight is 235 g/mol. The molecule has 0 bridgehead atoms. The van der Waals surface area contributed by atoms with Gasteiger partial charge in [0.25, 0.3) is 0 Å². The first kappa shape index (κ1) is 12.7. The molecule has 0 saturated carbocycles. The summed E-state index contributed by atoms with van der Waals surface area (Å²) in [5, 5.41) is 4.98. The van der Waals surface area contributed by atoms with Gasteiger partial charge in [0.1, 0.15) is 0 Å². The lowest BCUT2D eigenvalue weighted by atomic mass is 10.0. The highest BCUT2D eigenvalue weighted by molar-refractivity contribution is 5.93. The van der Waals surface area contributed by atoms with Crippen LogP contribution >= 0.6 is 0 Å². The van der Waals surface area contributed by atoms with Crippen molar-refractivity contribution >= 4 is 18.7 Å². The van der Waals surface area contributed by atoms with Gasteiger partial charge >= 0.3 is 0 Å². The van der Waals surface area contributed by atoms with Crippen molar-refractivity contribution in [1.29, 1.82) is 0 Å². The van der Waals surface area contributed by atoms with Crippen LogP contribution in [0.25, 0.3) is 0 Å². The maximum absolute atomic E-state index is 11.1. The molecule has 6 nitrogen and oxygen atoms in total. The fraction of sp³-hybridized carbons (Fsp3) is 0.182. The second kappa shape index (κ2) is 6.26. The average Bonchev–Trinajstić information content (AvgIpc) is 2.33. The van der Waals surface area contributed by atoms with Crippen LogP contribution in [0, 0.1) is 0 Å². The van der Waals surface area contributed by atoms with E-state index in [1.165, 1.54) is 0 Å². The van der Waals surface area contributed by atoms with Gasteiger partial charge in [-0.15, -0.1) is 0 Å². The van der Waals surface area contributed by atoms with E-state index in [1.54, 1.807) is 18.2 Å². The van der Waals surface area contributed by atoms with Gasteiger partial charge in [0.2, 0.25) is 18.7 Å². The van der Waals surface area contributed by atoms with E-state index < -0.39 is 5.91 Å². The molecule has 3 amide bonds. The summed E-state index contributed by atoms with van der Waals surface area (Å²) < 4.78 is 0. The van der Waals surface area contributed by atoms with E-state index in [2.05, 4.69) is 10.6 Å². The molecule has 6 heteroatoms. The zero-order chi connectivity index (χ0) is 12.7. The van der Waals surface area contributed by atoms with Crippen LogP contribution in [0.1, 0.15) is 21.5 Å². The van der Waals surface area contributed by atoms with Crippen LogP contribution in [0.15, 0.2) is 18.2 Å². The SMILES string of the molecule is NC(=O)c1cc(CNC=O)cc(CNC=O)c1. The van der Waals surface area contributed by atoms with Crippen LogP contribution in [0.3, 0.4) is 0 Å². The van der Waals surface area contributed by atoms with Crippen molar-refractivity contribution in [3.63, 3.8) is 0 Å². The zero-order valence-corrected chi connectivity index (χ0v) is 9.10. The first-order valence-electron chi connectivity index (χ1n) is 4.94. The van der Waals surface area contributed by atoms with Crippen molar-refractivity contribution in [3.05, 3.63) is 34.9 Å². The third-order valence-corrected chi connectivity index (χ3v) is 2.12. The molecule has 1 rings (SSSR count). The predicted octanol–water partition coefficient (Wildman–Crippen LogP) is -0.722. The standard InChI is InChI=1S/C11H13N3O3/c12-11(17)10-2-8(4-13-6-15)1-9(3-10)5-14-7-16/h1-3,6-7H,4-5H2,(H2,12,17)(H,13,15)(H,14,16). The molecule has 0 aromatic heterocycles. The van der Waals surface area contributed by atoms with Crippen LogP contribution in [-0.4, -0.2) is 18.7 Å². The topological polar surface area (TPSA) is 101 Å². The molecule has 0 aliphatic heterocycles. The van der Waals surface area contributed by atoms with Gasteiger partial charge in [0.15, 0.2) is 0 Å². The van der Waals surface area contributed by atoms with Crippen molar-refractivity contribution in [2.75, 3.05) is 0 Å². The van der Waals surface area contributed by atoms with Crippen LogP contribution in [0.5, 0.6) is 0 Å². The number of carbonyl (C=O) groups excluding carboxylic acids is 3. The quantitative estimate of drug-likeness (QED) is 0.543. The maximum Gasteiger partial charge on any atom is 0.248 e. The van der Waals surface area contributed by atoms with E-state index in [-0.39, 0.29) is 0 Å². The van der Waals surface area contributed by atoms with Gasteiger partial charge in [-0.3, -0.25) is 14.4 Å². The van der Waals surface area contributed by atoms with Crippen molar-refractivity contribution < 1.29 is 14.4 Å². The molecule has 90 valence electrons. The second-order valence-electron chi connectivity index (χ2n) is 3.40.